The molecule has 0 aliphatic rings. The number of halogens is 3. The summed E-state index contributed by atoms with van der Waals surface area (Å²) in [5.74, 6) is 0. The van der Waals surface area contributed by atoms with Gasteiger partial charge in [0, 0.05) is 25.0 Å². The number of hydrogen-bond donors (Lipinski definition) is 0. The van der Waals surface area contributed by atoms with Crippen LogP contribution in [-0.2, 0) is 0 Å². The minimum Gasteiger partial charge on any atom is -0.248 e. The van der Waals surface area contributed by atoms with Crippen molar-refractivity contribution in [3.8, 4) is 0 Å². The van der Waals surface area contributed by atoms with E-state index in [-0.39, 0.29) is 0 Å². The molecule has 0 N–H and O–H groups in total. The maximum Gasteiger partial charge on any atom is 0.113 e. The average molecular weight is 413 g/mol. The second-order valence-corrected chi connectivity index (χ2v) is 5.42. The van der Waals surface area contributed by atoms with Crippen molar-refractivity contribution in [2.45, 2.75) is 0 Å². The van der Waals surface area contributed by atoms with E-state index in [1.165, 1.54) is 5.39 Å². The Morgan fingerprint density at radius 2 is 1.92 bits per heavy atom. The Labute approximate surface area is 106 Å². The van der Waals surface area contributed by atoms with E-state index in [9.17, 15) is 0 Å². The van der Waals surface area contributed by atoms with Gasteiger partial charge in [-0.2, -0.15) is 0 Å². The molecule has 1 aromatic carbocycles. The second kappa shape index (κ2) is 3.82. The third-order valence-electron chi connectivity index (χ3n) is 1.75. The normalized spacial score (nSPS) is 10.7. The Hall–Kier alpha value is 0.320. The molecule has 0 radical (unpaired) electrons. The van der Waals surface area contributed by atoms with Crippen LogP contribution in [0.5, 0.6) is 0 Å². The number of pyridine rings is 1. The number of aromatic nitrogens is 1. The first-order valence-corrected chi connectivity index (χ1v) is 6.24. The van der Waals surface area contributed by atoms with Crippen LogP contribution in [0.1, 0.15) is 0 Å². The highest BCUT2D eigenvalue weighted by atomic mass is 127. The molecular weight excluding hydrogens is 409 g/mol. The smallest absolute Gasteiger partial charge is 0.113 e. The Balaban J connectivity index is 2.92. The van der Waals surface area contributed by atoms with E-state index in [4.69, 9.17) is 0 Å². The Kier molecular flexibility index (Phi) is 2.90. The van der Waals surface area contributed by atoms with E-state index in [1.54, 1.807) is 0 Å². The molecule has 0 amide bonds. The molecule has 0 aliphatic heterocycles. The summed E-state index contributed by atoms with van der Waals surface area (Å²) >= 11 is 9.17. The molecule has 0 aliphatic carbocycles. The molecule has 0 saturated carbocycles. The summed E-state index contributed by atoms with van der Waals surface area (Å²) < 4.78 is 3.16. The quantitative estimate of drug-likeness (QED) is 0.462. The van der Waals surface area contributed by atoms with Crippen molar-refractivity contribution in [1.82, 2.24) is 4.98 Å². The van der Waals surface area contributed by atoms with E-state index < -0.39 is 0 Å². The van der Waals surface area contributed by atoms with Gasteiger partial charge in [-0.3, -0.25) is 0 Å². The predicted molar refractivity (Wildman–Crippen MR) is 69.9 cm³/mol. The van der Waals surface area contributed by atoms with Crippen LogP contribution < -0.4 is 0 Å². The van der Waals surface area contributed by atoms with Crippen molar-refractivity contribution in [3.63, 3.8) is 0 Å². The summed E-state index contributed by atoms with van der Waals surface area (Å²) in [6.45, 7) is 0. The summed E-state index contributed by atoms with van der Waals surface area (Å²) in [6.07, 6.45) is 1.86. The van der Waals surface area contributed by atoms with Crippen molar-refractivity contribution in [2.75, 3.05) is 0 Å². The topological polar surface area (TPSA) is 12.9 Å². The molecule has 66 valence electrons. The fraction of sp³-hybridized carbons (Fsp3) is 0. The highest BCUT2D eigenvalue weighted by molar-refractivity contribution is 14.1. The zero-order valence-electron chi connectivity index (χ0n) is 6.39. The molecule has 13 heavy (non-hydrogen) atoms. The van der Waals surface area contributed by atoms with E-state index >= 15 is 0 Å². The van der Waals surface area contributed by atoms with Crippen molar-refractivity contribution in [1.29, 1.82) is 0 Å². The van der Waals surface area contributed by atoms with Crippen LogP contribution in [0.15, 0.2) is 33.5 Å². The third kappa shape index (κ3) is 1.89. The molecule has 0 saturated heterocycles. The van der Waals surface area contributed by atoms with Crippen LogP contribution in [0.25, 0.3) is 10.8 Å². The van der Waals surface area contributed by atoms with Gasteiger partial charge in [0.25, 0.3) is 0 Å². The molecule has 0 bridgehead atoms. The fourth-order valence-corrected chi connectivity index (χ4v) is 2.54. The summed E-state index contributed by atoms with van der Waals surface area (Å²) in [5, 5.41) is 2.37. The van der Waals surface area contributed by atoms with Gasteiger partial charge in [-0.05, 0) is 50.7 Å². The van der Waals surface area contributed by atoms with Gasteiger partial charge in [0.1, 0.15) is 4.60 Å². The Morgan fingerprint density at radius 3 is 2.69 bits per heavy atom. The number of nitrogens with zero attached hydrogens (tertiary/aromatic N) is 1. The highest BCUT2D eigenvalue weighted by Crippen LogP contribution is 2.28. The minimum atomic E-state index is 0.899. The van der Waals surface area contributed by atoms with E-state index in [0.717, 1.165) is 18.0 Å². The van der Waals surface area contributed by atoms with Crippen LogP contribution in [0.3, 0.4) is 0 Å². The first-order valence-electron chi connectivity index (χ1n) is 3.58. The van der Waals surface area contributed by atoms with Crippen LogP contribution in [0.2, 0.25) is 0 Å². The number of fused-ring (bicyclic) bond motifs is 1. The van der Waals surface area contributed by atoms with Gasteiger partial charge in [-0.25, -0.2) is 4.98 Å². The lowest BCUT2D eigenvalue weighted by Crippen LogP contribution is -1.83. The summed E-state index contributed by atoms with van der Waals surface area (Å²) in [6, 6.07) is 6.17. The van der Waals surface area contributed by atoms with Gasteiger partial charge >= 0.3 is 0 Å². The number of hydrogen-bond acceptors (Lipinski definition) is 1. The molecule has 0 atom stereocenters. The molecule has 1 heterocycles. The highest BCUT2D eigenvalue weighted by Gasteiger charge is 2.03. The van der Waals surface area contributed by atoms with E-state index in [0.29, 0.717) is 0 Å². The molecule has 1 aromatic heterocycles. The van der Waals surface area contributed by atoms with Crippen LogP contribution in [-0.4, -0.2) is 4.98 Å². The average Bonchev–Trinajstić information content (AvgIpc) is 2.12. The van der Waals surface area contributed by atoms with Gasteiger partial charge in [0.05, 0.1) is 0 Å². The van der Waals surface area contributed by atoms with E-state index in [1.807, 2.05) is 12.3 Å². The first kappa shape index (κ1) is 9.86. The summed E-state index contributed by atoms with van der Waals surface area (Å²) in [7, 11) is 0. The van der Waals surface area contributed by atoms with Crippen LogP contribution in [0, 0.1) is 3.57 Å². The lowest BCUT2D eigenvalue weighted by atomic mass is 10.2. The molecule has 2 aromatic rings. The van der Waals surface area contributed by atoms with Gasteiger partial charge in [-0.15, -0.1) is 0 Å². The Bertz CT molecular complexity index is 470. The maximum absolute atomic E-state index is 4.23. The lowest BCUT2D eigenvalue weighted by molar-refractivity contribution is 1.30. The van der Waals surface area contributed by atoms with Crippen LogP contribution in [0.4, 0.5) is 0 Å². The largest absolute Gasteiger partial charge is 0.248 e. The predicted octanol–water partition coefficient (Wildman–Crippen LogP) is 4.36. The summed E-state index contributed by atoms with van der Waals surface area (Å²) in [4.78, 5) is 4.23. The van der Waals surface area contributed by atoms with E-state index in [2.05, 4.69) is 71.6 Å². The van der Waals surface area contributed by atoms with Gasteiger partial charge in [-0.1, -0.05) is 22.0 Å². The summed E-state index contributed by atoms with van der Waals surface area (Å²) in [5.41, 5.74) is 0. The van der Waals surface area contributed by atoms with Crippen LogP contribution >= 0.6 is 54.5 Å². The van der Waals surface area contributed by atoms with Gasteiger partial charge in [0.15, 0.2) is 0 Å². The zero-order valence-corrected chi connectivity index (χ0v) is 11.7. The SMILES string of the molecule is Brc1ccc2c(Br)ncc(I)c2c1. The molecule has 0 fully saturated rings. The number of rotatable bonds is 0. The third-order valence-corrected chi connectivity index (χ3v) is 3.74. The maximum atomic E-state index is 4.23. The standard InChI is InChI=1S/C9H4Br2IN/c10-5-1-2-6-7(3-5)8(12)4-13-9(6)11/h1-4H. The van der Waals surface area contributed by atoms with Crippen molar-refractivity contribution in [3.05, 3.63) is 37.0 Å². The molecule has 4 heteroatoms. The van der Waals surface area contributed by atoms with Gasteiger partial charge in [0.2, 0.25) is 0 Å². The van der Waals surface area contributed by atoms with Crippen molar-refractivity contribution < 1.29 is 0 Å². The van der Waals surface area contributed by atoms with Gasteiger partial charge < -0.3 is 0 Å². The second-order valence-electron chi connectivity index (χ2n) is 2.59. The molecule has 1 nitrogen and oxygen atoms in total. The fourth-order valence-electron chi connectivity index (χ4n) is 1.15. The molecular formula is C9H4Br2IN. The molecule has 0 unspecified atom stereocenters. The monoisotopic (exact) mass is 411 g/mol. The molecule has 2 rings (SSSR count). The Morgan fingerprint density at radius 1 is 1.15 bits per heavy atom. The van der Waals surface area contributed by atoms with Crippen molar-refractivity contribution >= 4 is 65.2 Å². The first-order chi connectivity index (χ1) is 6.18. The molecule has 0 spiro atoms. The zero-order chi connectivity index (χ0) is 9.42. The lowest BCUT2D eigenvalue weighted by Gasteiger charge is -2.02. The number of benzene rings is 1. The van der Waals surface area contributed by atoms with Crippen molar-refractivity contribution in [2.24, 2.45) is 0 Å². The minimum absolute atomic E-state index is 0.899.